The Bertz CT molecular complexity index is 611. The Morgan fingerprint density at radius 1 is 1.32 bits per heavy atom. The van der Waals surface area contributed by atoms with Gasteiger partial charge in [-0.1, -0.05) is 19.0 Å². The number of guanidine groups is 1. The number of ether oxygens (including phenoxy) is 1. The number of carbonyl (C=O) groups is 1. The average molecular weight is 509 g/mol. The summed E-state index contributed by atoms with van der Waals surface area (Å²) in [5.74, 6) is 1.71. The molecule has 0 saturated carbocycles. The van der Waals surface area contributed by atoms with Crippen molar-refractivity contribution in [2.24, 2.45) is 4.99 Å². The van der Waals surface area contributed by atoms with Crippen molar-refractivity contribution in [3.05, 3.63) is 17.5 Å². The first kappa shape index (κ1) is 26.5. The lowest BCUT2D eigenvalue weighted by Gasteiger charge is -2.26. The Hall–Kier alpha value is -1.52. The number of carbonyl (C=O) groups excluding carboxylic acids is 1. The van der Waals surface area contributed by atoms with E-state index in [1.807, 2.05) is 40.7 Å². The number of aliphatic imine (C=N–C) groups is 1. The summed E-state index contributed by atoms with van der Waals surface area (Å²) in [6.07, 6.45) is -0.309. The number of nitrogens with one attached hydrogen (secondary N) is 2. The van der Waals surface area contributed by atoms with Gasteiger partial charge in [-0.15, -0.1) is 24.0 Å². The number of likely N-dealkylation sites (N-methyl/N-ethyl adjacent to an activating group) is 1. The summed E-state index contributed by atoms with van der Waals surface area (Å²) in [6.45, 7) is 16.5. The minimum Gasteiger partial charge on any atom is -0.444 e. The Morgan fingerprint density at radius 3 is 2.50 bits per heavy atom. The molecule has 0 unspecified atom stereocenters. The van der Waals surface area contributed by atoms with E-state index in [2.05, 4.69) is 34.6 Å². The standard InChI is InChI=1S/C19H35N5O3.HI/c1-8-20-17(22-13-15-12-16(14(3)4)23-27-15)21-10-11-24(9-2)18(25)26-19(5,6)7;/h12,14H,8-11,13H2,1-7H3,(H2,20,21,22);1H. The highest BCUT2D eigenvalue weighted by Gasteiger charge is 2.20. The van der Waals surface area contributed by atoms with Gasteiger partial charge in [0.1, 0.15) is 12.1 Å². The average Bonchev–Trinajstić information content (AvgIpc) is 3.04. The zero-order valence-electron chi connectivity index (χ0n) is 18.2. The van der Waals surface area contributed by atoms with Crippen LogP contribution in [0, 0.1) is 0 Å². The van der Waals surface area contributed by atoms with E-state index in [0.717, 1.165) is 18.0 Å². The molecule has 0 aliphatic carbocycles. The largest absolute Gasteiger partial charge is 0.444 e. The van der Waals surface area contributed by atoms with Crippen LogP contribution >= 0.6 is 24.0 Å². The van der Waals surface area contributed by atoms with Crippen LogP contribution in [0.2, 0.25) is 0 Å². The quantitative estimate of drug-likeness (QED) is 0.315. The summed E-state index contributed by atoms with van der Waals surface area (Å²) in [7, 11) is 0. The van der Waals surface area contributed by atoms with Gasteiger partial charge in [0.25, 0.3) is 0 Å². The van der Waals surface area contributed by atoms with Crippen molar-refractivity contribution in [2.75, 3.05) is 26.2 Å². The molecular formula is C19H36IN5O3. The van der Waals surface area contributed by atoms with Gasteiger partial charge >= 0.3 is 6.09 Å². The predicted molar refractivity (Wildman–Crippen MR) is 122 cm³/mol. The Balaban J connectivity index is 0.00000729. The molecule has 2 N–H and O–H groups in total. The summed E-state index contributed by atoms with van der Waals surface area (Å²) < 4.78 is 10.7. The zero-order chi connectivity index (χ0) is 20.4. The maximum Gasteiger partial charge on any atom is 0.410 e. The number of hydrogen-bond donors (Lipinski definition) is 2. The molecule has 9 heteroatoms. The molecule has 28 heavy (non-hydrogen) atoms. The van der Waals surface area contributed by atoms with Crippen LogP contribution in [0.5, 0.6) is 0 Å². The fraction of sp³-hybridized carbons (Fsp3) is 0.737. The van der Waals surface area contributed by atoms with Gasteiger partial charge in [-0.2, -0.15) is 0 Å². The second-order valence-electron chi connectivity index (χ2n) is 7.55. The Labute approximate surface area is 185 Å². The van der Waals surface area contributed by atoms with Crippen LogP contribution in [0.1, 0.15) is 65.8 Å². The van der Waals surface area contributed by atoms with Crippen LogP contribution in [0.4, 0.5) is 4.79 Å². The first-order valence-electron chi connectivity index (χ1n) is 9.61. The molecule has 0 fully saturated rings. The lowest BCUT2D eigenvalue weighted by molar-refractivity contribution is 0.0264. The van der Waals surface area contributed by atoms with Crippen molar-refractivity contribution in [1.29, 1.82) is 0 Å². The van der Waals surface area contributed by atoms with Gasteiger partial charge in [-0.05, 0) is 40.5 Å². The number of halogens is 1. The number of nitrogens with zero attached hydrogens (tertiary/aromatic N) is 3. The summed E-state index contributed by atoms with van der Waals surface area (Å²) in [5, 5.41) is 10.5. The molecule has 1 aromatic heterocycles. The molecule has 1 amide bonds. The minimum atomic E-state index is -0.500. The lowest BCUT2D eigenvalue weighted by atomic mass is 10.1. The molecule has 0 bridgehead atoms. The van der Waals surface area contributed by atoms with Gasteiger partial charge in [0.05, 0.1) is 5.69 Å². The number of aromatic nitrogens is 1. The topological polar surface area (TPSA) is 92.0 Å². The molecule has 0 saturated heterocycles. The van der Waals surface area contributed by atoms with Crippen molar-refractivity contribution in [1.82, 2.24) is 20.7 Å². The van der Waals surface area contributed by atoms with E-state index in [0.29, 0.717) is 38.1 Å². The second kappa shape index (κ2) is 12.8. The van der Waals surface area contributed by atoms with Gasteiger partial charge in [0.2, 0.25) is 0 Å². The molecule has 162 valence electrons. The van der Waals surface area contributed by atoms with E-state index >= 15 is 0 Å². The highest BCUT2D eigenvalue weighted by Crippen LogP contribution is 2.14. The van der Waals surface area contributed by atoms with Gasteiger partial charge < -0.3 is 24.8 Å². The second-order valence-corrected chi connectivity index (χ2v) is 7.55. The Kier molecular flexibility index (Phi) is 12.1. The highest BCUT2D eigenvalue weighted by molar-refractivity contribution is 14.0. The van der Waals surface area contributed by atoms with Crippen molar-refractivity contribution in [3.63, 3.8) is 0 Å². The monoisotopic (exact) mass is 509 g/mol. The molecule has 0 aliphatic heterocycles. The first-order chi connectivity index (χ1) is 12.7. The number of rotatable bonds is 8. The molecule has 0 atom stereocenters. The summed E-state index contributed by atoms with van der Waals surface area (Å²) >= 11 is 0. The lowest BCUT2D eigenvalue weighted by Crippen LogP contribution is -2.44. The fourth-order valence-electron chi connectivity index (χ4n) is 2.19. The van der Waals surface area contributed by atoms with E-state index in [-0.39, 0.29) is 30.1 Å². The maximum atomic E-state index is 12.2. The third-order valence-electron chi connectivity index (χ3n) is 3.61. The SMILES string of the molecule is CCNC(=NCc1cc(C(C)C)no1)NCCN(CC)C(=O)OC(C)(C)C.I. The van der Waals surface area contributed by atoms with Crippen LogP contribution < -0.4 is 10.6 Å². The molecule has 0 spiro atoms. The molecule has 1 heterocycles. The third-order valence-corrected chi connectivity index (χ3v) is 3.61. The third kappa shape index (κ3) is 10.1. The number of amides is 1. The van der Waals surface area contributed by atoms with Crippen LogP contribution in [0.15, 0.2) is 15.6 Å². The molecule has 1 rings (SSSR count). The van der Waals surface area contributed by atoms with E-state index in [1.165, 1.54) is 0 Å². The van der Waals surface area contributed by atoms with Crippen LogP contribution in [0.25, 0.3) is 0 Å². The maximum absolute atomic E-state index is 12.2. The first-order valence-corrected chi connectivity index (χ1v) is 9.61. The van der Waals surface area contributed by atoms with Crippen LogP contribution in [-0.4, -0.2) is 53.9 Å². The van der Waals surface area contributed by atoms with Crippen molar-refractivity contribution >= 4 is 36.0 Å². The summed E-state index contributed by atoms with van der Waals surface area (Å²) in [4.78, 5) is 18.3. The van der Waals surface area contributed by atoms with E-state index < -0.39 is 5.60 Å². The summed E-state index contributed by atoms with van der Waals surface area (Å²) in [5.41, 5.74) is 0.425. The normalized spacial score (nSPS) is 11.8. The number of hydrogen-bond acceptors (Lipinski definition) is 5. The molecular weight excluding hydrogens is 473 g/mol. The molecule has 1 aromatic rings. The van der Waals surface area contributed by atoms with Crippen molar-refractivity contribution in [2.45, 2.75) is 66.5 Å². The van der Waals surface area contributed by atoms with Crippen LogP contribution in [-0.2, 0) is 11.3 Å². The van der Waals surface area contributed by atoms with Gasteiger partial charge in [-0.3, -0.25) is 0 Å². The molecule has 8 nitrogen and oxygen atoms in total. The smallest absolute Gasteiger partial charge is 0.410 e. The Morgan fingerprint density at radius 2 is 2.00 bits per heavy atom. The van der Waals surface area contributed by atoms with E-state index in [1.54, 1.807) is 4.90 Å². The molecule has 0 radical (unpaired) electrons. The zero-order valence-corrected chi connectivity index (χ0v) is 20.5. The van der Waals surface area contributed by atoms with E-state index in [4.69, 9.17) is 9.26 Å². The van der Waals surface area contributed by atoms with Gasteiger partial charge in [-0.25, -0.2) is 9.79 Å². The van der Waals surface area contributed by atoms with Gasteiger partial charge in [0, 0.05) is 32.2 Å². The highest BCUT2D eigenvalue weighted by atomic mass is 127. The van der Waals surface area contributed by atoms with Crippen molar-refractivity contribution in [3.8, 4) is 0 Å². The minimum absolute atomic E-state index is 0. The summed E-state index contributed by atoms with van der Waals surface area (Å²) in [6, 6.07) is 1.93. The van der Waals surface area contributed by atoms with Crippen LogP contribution in [0.3, 0.4) is 0 Å². The fourth-order valence-corrected chi connectivity index (χ4v) is 2.19. The molecule has 0 aromatic carbocycles. The van der Waals surface area contributed by atoms with Crippen molar-refractivity contribution < 1.29 is 14.1 Å². The molecule has 0 aliphatic rings. The predicted octanol–water partition coefficient (Wildman–Crippen LogP) is 3.73. The van der Waals surface area contributed by atoms with E-state index in [9.17, 15) is 4.79 Å². The van der Waals surface area contributed by atoms with Gasteiger partial charge in [0.15, 0.2) is 11.7 Å².